The lowest BCUT2D eigenvalue weighted by Crippen LogP contribution is -2.28. The number of rotatable bonds is 4. The molecule has 0 saturated carbocycles. The van der Waals surface area contributed by atoms with E-state index in [1.807, 2.05) is 0 Å². The van der Waals surface area contributed by atoms with Gasteiger partial charge in [-0.25, -0.2) is 0 Å². The summed E-state index contributed by atoms with van der Waals surface area (Å²) in [5.74, 6) is 1.13. The molecule has 1 aliphatic heterocycles. The third-order valence-corrected chi connectivity index (χ3v) is 3.23. The van der Waals surface area contributed by atoms with Gasteiger partial charge in [-0.2, -0.15) is 0 Å². The van der Waals surface area contributed by atoms with Crippen molar-refractivity contribution in [2.24, 2.45) is 0 Å². The minimum atomic E-state index is -0.213. The first-order valence-corrected chi connectivity index (χ1v) is 6.21. The maximum Gasteiger partial charge on any atom is 0.254 e. The molecule has 20 heavy (non-hydrogen) atoms. The fraction of sp³-hybridized carbons (Fsp3) is 0.429. The summed E-state index contributed by atoms with van der Waals surface area (Å²) in [4.78, 5) is 25.1. The first kappa shape index (κ1) is 14.2. The van der Waals surface area contributed by atoms with Crippen LogP contribution in [0.2, 0.25) is 0 Å². The molecule has 1 saturated heterocycles. The van der Waals surface area contributed by atoms with Crippen LogP contribution in [-0.2, 0) is 4.79 Å². The highest BCUT2D eigenvalue weighted by molar-refractivity contribution is 5.99. The van der Waals surface area contributed by atoms with E-state index < -0.39 is 0 Å². The maximum absolute atomic E-state index is 12.4. The summed E-state index contributed by atoms with van der Waals surface area (Å²) >= 11 is 0. The van der Waals surface area contributed by atoms with Gasteiger partial charge in [0.05, 0.1) is 27.9 Å². The number of benzene rings is 1. The molecule has 1 aromatic carbocycles. The molecule has 1 heterocycles. The van der Waals surface area contributed by atoms with Crippen LogP contribution in [0.1, 0.15) is 16.8 Å². The summed E-state index contributed by atoms with van der Waals surface area (Å²) in [5.41, 5.74) is 0.411. The molecule has 6 heteroatoms. The van der Waals surface area contributed by atoms with Gasteiger partial charge in [-0.1, -0.05) is 0 Å². The van der Waals surface area contributed by atoms with Crippen molar-refractivity contribution in [2.75, 3.05) is 34.4 Å². The minimum absolute atomic E-state index is 0.0748. The quantitative estimate of drug-likeness (QED) is 0.826. The van der Waals surface area contributed by atoms with Crippen LogP contribution in [0.25, 0.3) is 0 Å². The SMILES string of the molecule is COc1cc(C(=O)N2CCC(=O)C2)cc(OC)c1OC. The Morgan fingerprint density at radius 1 is 1.10 bits per heavy atom. The van der Waals surface area contributed by atoms with E-state index in [0.717, 1.165) is 0 Å². The van der Waals surface area contributed by atoms with E-state index in [4.69, 9.17) is 14.2 Å². The summed E-state index contributed by atoms with van der Waals surface area (Å²) in [6.07, 6.45) is 0.413. The van der Waals surface area contributed by atoms with Crippen molar-refractivity contribution in [3.63, 3.8) is 0 Å². The molecule has 1 amide bonds. The molecule has 0 N–H and O–H groups in total. The predicted octanol–water partition coefficient (Wildman–Crippen LogP) is 1.13. The number of nitrogens with zero attached hydrogens (tertiary/aromatic N) is 1. The van der Waals surface area contributed by atoms with Gasteiger partial charge < -0.3 is 19.1 Å². The summed E-state index contributed by atoms with van der Waals surface area (Å²) in [7, 11) is 4.48. The van der Waals surface area contributed by atoms with Gasteiger partial charge in [0.1, 0.15) is 0 Å². The molecular weight excluding hydrogens is 262 g/mol. The zero-order valence-electron chi connectivity index (χ0n) is 11.8. The third kappa shape index (κ3) is 2.54. The number of ether oxygens (including phenoxy) is 3. The van der Waals surface area contributed by atoms with Crippen LogP contribution in [0.3, 0.4) is 0 Å². The average Bonchev–Trinajstić information content (AvgIpc) is 2.91. The Bertz CT molecular complexity index is 515. The Kier molecular flexibility index (Phi) is 4.12. The highest BCUT2D eigenvalue weighted by Gasteiger charge is 2.26. The lowest BCUT2D eigenvalue weighted by atomic mass is 10.1. The van der Waals surface area contributed by atoms with Gasteiger partial charge >= 0.3 is 0 Å². The van der Waals surface area contributed by atoms with Crippen molar-refractivity contribution in [1.29, 1.82) is 0 Å². The molecule has 0 bridgehead atoms. The number of Topliss-reactive ketones (excluding diaryl/α,β-unsaturated/α-hetero) is 1. The molecule has 2 rings (SSSR count). The van der Waals surface area contributed by atoms with Crippen LogP contribution < -0.4 is 14.2 Å². The zero-order chi connectivity index (χ0) is 14.7. The van der Waals surface area contributed by atoms with Crippen LogP contribution >= 0.6 is 0 Å². The average molecular weight is 279 g/mol. The van der Waals surface area contributed by atoms with Gasteiger partial charge in [-0.15, -0.1) is 0 Å². The van der Waals surface area contributed by atoms with E-state index in [-0.39, 0.29) is 18.2 Å². The fourth-order valence-electron chi connectivity index (χ4n) is 2.19. The van der Waals surface area contributed by atoms with Gasteiger partial charge in [-0.05, 0) is 12.1 Å². The van der Waals surface area contributed by atoms with Crippen molar-refractivity contribution >= 4 is 11.7 Å². The second-order valence-corrected chi connectivity index (χ2v) is 4.43. The molecular formula is C14H17NO5. The molecule has 1 fully saturated rings. The molecule has 0 aliphatic carbocycles. The third-order valence-electron chi connectivity index (χ3n) is 3.23. The Balaban J connectivity index is 2.36. The first-order valence-electron chi connectivity index (χ1n) is 6.21. The molecule has 0 atom stereocenters. The Labute approximate surface area is 117 Å². The highest BCUT2D eigenvalue weighted by atomic mass is 16.5. The van der Waals surface area contributed by atoms with Crippen LogP contribution in [0, 0.1) is 0 Å². The smallest absolute Gasteiger partial charge is 0.254 e. The van der Waals surface area contributed by atoms with Crippen LogP contribution in [0.5, 0.6) is 17.2 Å². The molecule has 0 unspecified atom stereocenters. The predicted molar refractivity (Wildman–Crippen MR) is 71.6 cm³/mol. The van der Waals surface area contributed by atoms with E-state index >= 15 is 0 Å². The van der Waals surface area contributed by atoms with E-state index in [0.29, 0.717) is 35.8 Å². The Morgan fingerprint density at radius 3 is 2.10 bits per heavy atom. The summed E-state index contributed by atoms with van der Waals surface area (Å²) in [5, 5.41) is 0. The van der Waals surface area contributed by atoms with E-state index in [2.05, 4.69) is 0 Å². The molecule has 0 aromatic heterocycles. The van der Waals surface area contributed by atoms with Crippen LogP contribution in [-0.4, -0.2) is 51.0 Å². The summed E-state index contributed by atoms with van der Waals surface area (Å²) < 4.78 is 15.6. The minimum Gasteiger partial charge on any atom is -0.493 e. The zero-order valence-corrected chi connectivity index (χ0v) is 11.8. The normalized spacial score (nSPS) is 14.3. The monoisotopic (exact) mass is 279 g/mol. The number of hydrogen-bond donors (Lipinski definition) is 0. The Hall–Kier alpha value is -2.24. The van der Waals surface area contributed by atoms with Gasteiger partial charge in [-0.3, -0.25) is 9.59 Å². The first-order chi connectivity index (χ1) is 9.60. The number of carbonyl (C=O) groups is 2. The standard InChI is InChI=1S/C14H17NO5/c1-18-11-6-9(7-12(19-2)13(11)20-3)14(17)15-5-4-10(16)8-15/h6-7H,4-5,8H2,1-3H3. The highest BCUT2D eigenvalue weighted by Crippen LogP contribution is 2.38. The van der Waals surface area contributed by atoms with E-state index in [1.165, 1.54) is 26.2 Å². The van der Waals surface area contributed by atoms with E-state index in [1.54, 1.807) is 12.1 Å². The lowest BCUT2D eigenvalue weighted by molar-refractivity contribution is -0.116. The number of amides is 1. The number of likely N-dealkylation sites (tertiary alicyclic amines) is 1. The molecule has 6 nitrogen and oxygen atoms in total. The van der Waals surface area contributed by atoms with Crippen LogP contribution in [0.15, 0.2) is 12.1 Å². The fourth-order valence-corrected chi connectivity index (χ4v) is 2.19. The van der Waals surface area contributed by atoms with Crippen LogP contribution in [0.4, 0.5) is 0 Å². The van der Waals surface area contributed by atoms with E-state index in [9.17, 15) is 9.59 Å². The summed E-state index contributed by atoms with van der Waals surface area (Å²) in [6.45, 7) is 0.615. The van der Waals surface area contributed by atoms with Crippen molar-refractivity contribution in [3.05, 3.63) is 17.7 Å². The lowest BCUT2D eigenvalue weighted by Gasteiger charge is -2.17. The second-order valence-electron chi connectivity index (χ2n) is 4.43. The molecule has 1 aliphatic rings. The second kappa shape index (κ2) is 5.81. The van der Waals surface area contributed by atoms with Crippen molar-refractivity contribution in [1.82, 2.24) is 4.90 Å². The van der Waals surface area contributed by atoms with Crippen molar-refractivity contribution in [2.45, 2.75) is 6.42 Å². The number of ketones is 1. The van der Waals surface area contributed by atoms with Crippen molar-refractivity contribution < 1.29 is 23.8 Å². The van der Waals surface area contributed by atoms with Gasteiger partial charge in [0.15, 0.2) is 17.3 Å². The largest absolute Gasteiger partial charge is 0.493 e. The molecule has 0 radical (unpaired) electrons. The van der Waals surface area contributed by atoms with Crippen molar-refractivity contribution in [3.8, 4) is 17.2 Å². The molecule has 108 valence electrons. The van der Waals surface area contributed by atoms with Gasteiger partial charge in [0, 0.05) is 18.5 Å². The summed E-state index contributed by atoms with van der Waals surface area (Å²) in [6, 6.07) is 3.18. The molecule has 1 aromatic rings. The number of carbonyl (C=O) groups excluding carboxylic acids is 2. The van der Waals surface area contributed by atoms with Gasteiger partial charge in [0.2, 0.25) is 5.75 Å². The molecule has 0 spiro atoms. The number of methoxy groups -OCH3 is 3. The van der Waals surface area contributed by atoms with Gasteiger partial charge in [0.25, 0.3) is 5.91 Å². The number of hydrogen-bond acceptors (Lipinski definition) is 5. The maximum atomic E-state index is 12.4. The topological polar surface area (TPSA) is 65.1 Å². The Morgan fingerprint density at radius 2 is 1.70 bits per heavy atom.